The maximum atomic E-state index is 12.3. The Bertz CT molecular complexity index is 806. The van der Waals surface area contributed by atoms with Crippen LogP contribution in [-0.2, 0) is 10.0 Å². The maximum Gasteiger partial charge on any atom is 0.335 e. The van der Waals surface area contributed by atoms with E-state index in [0.29, 0.717) is 5.69 Å². The summed E-state index contributed by atoms with van der Waals surface area (Å²) in [7, 11) is -3.86. The highest BCUT2D eigenvalue weighted by Crippen LogP contribution is 2.25. The summed E-state index contributed by atoms with van der Waals surface area (Å²) in [6, 6.07) is 8.65. The highest BCUT2D eigenvalue weighted by molar-refractivity contribution is 9.10. The molecule has 0 atom stereocenters. The number of hydrogen-bond acceptors (Lipinski definition) is 4. The van der Waals surface area contributed by atoms with Crippen molar-refractivity contribution in [2.75, 3.05) is 4.72 Å². The first-order valence-corrected chi connectivity index (χ1v) is 8.06. The number of aryl methyl sites for hydroxylation is 1. The highest BCUT2D eigenvalue weighted by Gasteiger charge is 2.19. The predicted molar refractivity (Wildman–Crippen MR) is 80.9 cm³/mol. The van der Waals surface area contributed by atoms with E-state index in [2.05, 4.69) is 25.6 Å². The molecule has 0 aliphatic carbocycles. The lowest BCUT2D eigenvalue weighted by Gasteiger charge is -2.10. The van der Waals surface area contributed by atoms with Gasteiger partial charge in [0.25, 0.3) is 10.0 Å². The molecule has 0 unspecified atom stereocenters. The number of pyridine rings is 1. The number of carbonyl (C=O) groups is 1. The second-order valence-corrected chi connectivity index (χ2v) is 6.73. The van der Waals surface area contributed by atoms with Gasteiger partial charge < -0.3 is 5.11 Å². The van der Waals surface area contributed by atoms with Crippen LogP contribution in [0.5, 0.6) is 0 Å². The Labute approximate surface area is 130 Å². The first kappa shape index (κ1) is 15.5. The Balaban J connectivity index is 2.38. The van der Waals surface area contributed by atoms with Gasteiger partial charge in [0.1, 0.15) is 10.7 Å². The van der Waals surface area contributed by atoms with Gasteiger partial charge in [-0.15, -0.1) is 0 Å². The molecule has 1 heterocycles. The van der Waals surface area contributed by atoms with E-state index >= 15 is 0 Å². The number of nitrogens with one attached hydrogen (secondary N) is 1. The van der Waals surface area contributed by atoms with Crippen molar-refractivity contribution in [1.29, 1.82) is 0 Å². The number of rotatable bonds is 4. The van der Waals surface area contributed by atoms with Gasteiger partial charge in [-0.25, -0.2) is 18.2 Å². The Morgan fingerprint density at radius 2 is 2.00 bits per heavy atom. The molecular weight excluding hydrogens is 360 g/mol. The molecular formula is C13H11BrN2O4S. The lowest BCUT2D eigenvalue weighted by molar-refractivity contribution is 0.0696. The van der Waals surface area contributed by atoms with Gasteiger partial charge in [-0.2, -0.15) is 0 Å². The number of benzene rings is 1. The number of hydrogen-bond donors (Lipinski definition) is 2. The van der Waals surface area contributed by atoms with Crippen molar-refractivity contribution in [3.8, 4) is 0 Å². The number of aromatic nitrogens is 1. The molecule has 0 bridgehead atoms. The van der Waals surface area contributed by atoms with Crippen molar-refractivity contribution < 1.29 is 18.3 Å². The van der Waals surface area contributed by atoms with Crippen LogP contribution in [0.2, 0.25) is 0 Å². The summed E-state index contributed by atoms with van der Waals surface area (Å²) in [6.07, 6.45) is 0. The van der Waals surface area contributed by atoms with Crippen LogP contribution in [0.3, 0.4) is 0 Å². The quantitative estimate of drug-likeness (QED) is 0.862. The van der Waals surface area contributed by atoms with Gasteiger partial charge in [0, 0.05) is 10.2 Å². The van der Waals surface area contributed by atoms with Crippen LogP contribution in [0.25, 0.3) is 0 Å². The van der Waals surface area contributed by atoms with E-state index in [-0.39, 0.29) is 20.7 Å². The number of anilines is 1. The van der Waals surface area contributed by atoms with Crippen molar-refractivity contribution >= 4 is 37.7 Å². The van der Waals surface area contributed by atoms with Crippen LogP contribution in [0, 0.1) is 6.92 Å². The van der Waals surface area contributed by atoms with Crippen molar-refractivity contribution in [1.82, 2.24) is 4.98 Å². The fourth-order valence-electron chi connectivity index (χ4n) is 1.64. The van der Waals surface area contributed by atoms with Crippen LogP contribution in [0.15, 0.2) is 45.8 Å². The lowest BCUT2D eigenvalue weighted by atomic mass is 10.2. The molecule has 2 aromatic rings. The summed E-state index contributed by atoms with van der Waals surface area (Å²) in [5.41, 5.74) is 0.671. The molecule has 8 heteroatoms. The molecule has 2 rings (SSSR count). The summed E-state index contributed by atoms with van der Waals surface area (Å²) in [5, 5.41) is 8.87. The van der Waals surface area contributed by atoms with Crippen LogP contribution in [0.1, 0.15) is 16.1 Å². The monoisotopic (exact) mass is 370 g/mol. The van der Waals surface area contributed by atoms with E-state index in [9.17, 15) is 13.2 Å². The molecule has 0 aliphatic rings. The molecule has 2 N–H and O–H groups in total. The molecule has 1 aromatic carbocycles. The van der Waals surface area contributed by atoms with Crippen molar-refractivity contribution in [3.05, 3.63) is 52.1 Å². The summed E-state index contributed by atoms with van der Waals surface area (Å²) in [5.74, 6) is -0.933. The van der Waals surface area contributed by atoms with Crippen molar-refractivity contribution in [3.63, 3.8) is 0 Å². The van der Waals surface area contributed by atoms with Crippen molar-refractivity contribution in [2.24, 2.45) is 0 Å². The second kappa shape index (κ2) is 5.82. The molecule has 0 saturated carbocycles. The zero-order valence-electron chi connectivity index (χ0n) is 10.9. The fourth-order valence-corrected chi connectivity index (χ4v) is 3.72. The van der Waals surface area contributed by atoms with E-state index in [1.165, 1.54) is 24.3 Å². The summed E-state index contributed by atoms with van der Waals surface area (Å²) in [6.45, 7) is 1.75. The first-order valence-electron chi connectivity index (χ1n) is 5.79. The zero-order chi connectivity index (χ0) is 15.6. The molecule has 21 heavy (non-hydrogen) atoms. The number of sulfonamides is 1. The lowest BCUT2D eigenvalue weighted by Crippen LogP contribution is -2.15. The molecule has 0 radical (unpaired) electrons. The second-order valence-electron chi connectivity index (χ2n) is 4.22. The van der Waals surface area contributed by atoms with Gasteiger partial charge in [0.15, 0.2) is 0 Å². The Kier molecular flexibility index (Phi) is 4.29. The number of aromatic carboxylic acids is 1. The molecule has 0 saturated heterocycles. The average Bonchev–Trinajstić information content (AvgIpc) is 2.37. The van der Waals surface area contributed by atoms with E-state index in [0.717, 1.165) is 0 Å². The third-order valence-electron chi connectivity index (χ3n) is 2.60. The van der Waals surface area contributed by atoms with Gasteiger partial charge in [-0.05, 0) is 53.2 Å². The van der Waals surface area contributed by atoms with Gasteiger partial charge in [0.05, 0.1) is 5.56 Å². The molecule has 0 aliphatic heterocycles. The third kappa shape index (κ3) is 3.59. The zero-order valence-corrected chi connectivity index (χ0v) is 13.3. The highest BCUT2D eigenvalue weighted by atomic mass is 79.9. The Hall–Kier alpha value is -1.93. The standard InChI is InChI=1S/C13H11BrN2O4S/c1-8-3-2-4-12(15-8)16-21(19,20)11-6-5-9(13(17)18)7-10(11)14/h2-7H,1H3,(H,15,16)(H,17,18). The Morgan fingerprint density at radius 3 is 2.57 bits per heavy atom. The molecule has 0 amide bonds. The van der Waals surface area contributed by atoms with Gasteiger partial charge >= 0.3 is 5.97 Å². The fraction of sp³-hybridized carbons (Fsp3) is 0.0769. The minimum Gasteiger partial charge on any atom is -0.478 e. The molecule has 0 spiro atoms. The average molecular weight is 371 g/mol. The number of carboxylic acids is 1. The molecule has 110 valence electrons. The summed E-state index contributed by atoms with van der Waals surface area (Å²) in [4.78, 5) is 14.8. The third-order valence-corrected chi connectivity index (χ3v) is 4.93. The van der Waals surface area contributed by atoms with E-state index in [4.69, 9.17) is 5.11 Å². The van der Waals surface area contributed by atoms with Crippen LogP contribution in [-0.4, -0.2) is 24.5 Å². The smallest absolute Gasteiger partial charge is 0.335 e. The number of carboxylic acid groups (broad SMARTS) is 1. The van der Waals surface area contributed by atoms with Crippen LogP contribution in [0.4, 0.5) is 5.82 Å². The topological polar surface area (TPSA) is 96.4 Å². The van der Waals surface area contributed by atoms with E-state index < -0.39 is 16.0 Å². The van der Waals surface area contributed by atoms with Gasteiger partial charge in [-0.3, -0.25) is 4.72 Å². The Morgan fingerprint density at radius 1 is 1.29 bits per heavy atom. The summed E-state index contributed by atoms with van der Waals surface area (Å²) >= 11 is 3.08. The summed E-state index contributed by atoms with van der Waals surface area (Å²) < 4.78 is 27.1. The maximum absolute atomic E-state index is 12.3. The van der Waals surface area contributed by atoms with E-state index in [1.807, 2.05) is 0 Å². The van der Waals surface area contributed by atoms with Crippen molar-refractivity contribution in [2.45, 2.75) is 11.8 Å². The van der Waals surface area contributed by atoms with Crippen LogP contribution < -0.4 is 4.72 Å². The predicted octanol–water partition coefficient (Wildman–Crippen LogP) is 2.65. The number of nitrogens with zero attached hydrogens (tertiary/aromatic N) is 1. The SMILES string of the molecule is Cc1cccc(NS(=O)(=O)c2ccc(C(=O)O)cc2Br)n1. The normalized spacial score (nSPS) is 11.1. The first-order chi connectivity index (χ1) is 9.79. The van der Waals surface area contributed by atoms with Gasteiger partial charge in [0.2, 0.25) is 0 Å². The van der Waals surface area contributed by atoms with Gasteiger partial charge in [-0.1, -0.05) is 6.07 Å². The largest absolute Gasteiger partial charge is 0.478 e. The van der Waals surface area contributed by atoms with E-state index in [1.54, 1.807) is 19.1 Å². The molecule has 6 nitrogen and oxygen atoms in total. The minimum atomic E-state index is -3.86. The molecule has 0 fully saturated rings. The molecule has 1 aromatic heterocycles. The number of halogens is 1. The minimum absolute atomic E-state index is 0.00509. The van der Waals surface area contributed by atoms with Crippen LogP contribution >= 0.6 is 15.9 Å².